The lowest BCUT2D eigenvalue weighted by Crippen LogP contribution is -2.37. The second-order valence-corrected chi connectivity index (χ2v) is 6.69. The highest BCUT2D eigenvalue weighted by Crippen LogP contribution is 2.26. The molecule has 0 saturated heterocycles. The lowest BCUT2D eigenvalue weighted by molar-refractivity contribution is -0.0505. The van der Waals surface area contributed by atoms with Crippen LogP contribution in [-0.4, -0.2) is 46.0 Å². The number of nitrogens with zero attached hydrogens (tertiary/aromatic N) is 1. The Morgan fingerprint density at radius 1 is 1.21 bits per heavy atom. The van der Waals surface area contributed by atoms with Crippen LogP contribution in [0.1, 0.15) is 44.1 Å². The molecule has 6 nitrogen and oxygen atoms in total. The van der Waals surface area contributed by atoms with Crippen molar-refractivity contribution in [2.45, 2.75) is 57.8 Å². The molecule has 1 aromatic rings. The van der Waals surface area contributed by atoms with E-state index >= 15 is 0 Å². The minimum Gasteiger partial charge on any atom is -0.497 e. The van der Waals surface area contributed by atoms with Gasteiger partial charge in [0, 0.05) is 38.4 Å². The second-order valence-electron chi connectivity index (χ2n) is 6.69. The summed E-state index contributed by atoms with van der Waals surface area (Å²) in [7, 11) is 3.14. The molecule has 0 aromatic heterocycles. The van der Waals surface area contributed by atoms with Crippen molar-refractivity contribution in [1.82, 2.24) is 10.6 Å². The zero-order valence-electron chi connectivity index (χ0n) is 17.1. The van der Waals surface area contributed by atoms with Crippen LogP contribution in [0.2, 0.25) is 0 Å². The number of benzene rings is 1. The van der Waals surface area contributed by atoms with Crippen LogP contribution in [0.3, 0.4) is 0 Å². The third-order valence-electron chi connectivity index (χ3n) is 4.68. The van der Waals surface area contributed by atoms with Crippen LogP contribution in [0.25, 0.3) is 0 Å². The molecule has 0 atom stereocenters. The molecule has 166 valence electrons. The molecule has 2 rings (SSSR count). The van der Waals surface area contributed by atoms with Crippen molar-refractivity contribution in [2.75, 3.05) is 27.3 Å². The van der Waals surface area contributed by atoms with Crippen LogP contribution in [0.15, 0.2) is 23.2 Å². The van der Waals surface area contributed by atoms with Gasteiger partial charge in [0.2, 0.25) is 0 Å². The maximum Gasteiger partial charge on any atom is 0.387 e. The monoisotopic (exact) mass is 527 g/mol. The molecule has 0 radical (unpaired) electrons. The van der Waals surface area contributed by atoms with E-state index in [9.17, 15) is 8.78 Å². The first-order valence-corrected chi connectivity index (χ1v) is 9.80. The van der Waals surface area contributed by atoms with Gasteiger partial charge in [-0.2, -0.15) is 8.78 Å². The zero-order valence-corrected chi connectivity index (χ0v) is 19.4. The molecule has 1 fully saturated rings. The Morgan fingerprint density at radius 3 is 2.62 bits per heavy atom. The largest absolute Gasteiger partial charge is 0.497 e. The van der Waals surface area contributed by atoms with E-state index in [1.54, 1.807) is 19.2 Å². The van der Waals surface area contributed by atoms with Gasteiger partial charge in [0.05, 0.1) is 13.2 Å². The van der Waals surface area contributed by atoms with Gasteiger partial charge in [0.25, 0.3) is 0 Å². The second kappa shape index (κ2) is 14.6. The third-order valence-corrected chi connectivity index (χ3v) is 4.68. The number of ether oxygens (including phenoxy) is 3. The number of methoxy groups -OCH3 is 1. The number of guanidine groups is 1. The molecule has 29 heavy (non-hydrogen) atoms. The van der Waals surface area contributed by atoms with Crippen molar-refractivity contribution in [3.8, 4) is 11.5 Å². The molecule has 1 aliphatic rings. The number of hydrogen-bond donors (Lipinski definition) is 2. The zero-order chi connectivity index (χ0) is 20.2. The summed E-state index contributed by atoms with van der Waals surface area (Å²) in [5.41, 5.74) is 0.588. The van der Waals surface area contributed by atoms with Crippen molar-refractivity contribution in [2.24, 2.45) is 4.99 Å². The fraction of sp³-hybridized carbons (Fsp3) is 0.650. The molecule has 1 aliphatic carbocycles. The maximum atomic E-state index is 12.6. The van der Waals surface area contributed by atoms with Crippen LogP contribution in [0, 0.1) is 0 Å². The van der Waals surface area contributed by atoms with E-state index in [4.69, 9.17) is 9.47 Å². The summed E-state index contributed by atoms with van der Waals surface area (Å²) in [6, 6.07) is 4.84. The van der Waals surface area contributed by atoms with Gasteiger partial charge in [-0.15, -0.1) is 24.0 Å². The van der Waals surface area contributed by atoms with Crippen LogP contribution in [-0.2, 0) is 11.3 Å². The molecule has 0 unspecified atom stereocenters. The smallest absolute Gasteiger partial charge is 0.387 e. The van der Waals surface area contributed by atoms with E-state index in [0.29, 0.717) is 29.9 Å². The molecule has 0 bridgehead atoms. The molecule has 1 aromatic carbocycles. The average Bonchev–Trinajstić information content (AvgIpc) is 2.71. The van der Waals surface area contributed by atoms with Gasteiger partial charge in [-0.1, -0.05) is 19.3 Å². The summed E-state index contributed by atoms with van der Waals surface area (Å²) in [5, 5.41) is 6.31. The number of hydrogen-bond acceptors (Lipinski definition) is 4. The maximum absolute atomic E-state index is 12.6. The summed E-state index contributed by atoms with van der Waals surface area (Å²) in [5.74, 6) is 1.13. The number of alkyl halides is 2. The lowest BCUT2D eigenvalue weighted by atomic mass is 9.98. The highest BCUT2D eigenvalue weighted by molar-refractivity contribution is 14.0. The fourth-order valence-corrected chi connectivity index (χ4v) is 3.17. The fourth-order valence-electron chi connectivity index (χ4n) is 3.17. The highest BCUT2D eigenvalue weighted by Gasteiger charge is 2.13. The summed E-state index contributed by atoms with van der Waals surface area (Å²) in [4.78, 5) is 4.15. The van der Waals surface area contributed by atoms with E-state index in [-0.39, 0.29) is 29.7 Å². The van der Waals surface area contributed by atoms with Gasteiger partial charge in [-0.05, 0) is 31.4 Å². The molecular weight excluding hydrogens is 495 g/mol. The van der Waals surface area contributed by atoms with Crippen molar-refractivity contribution < 1.29 is 23.0 Å². The SMILES string of the molecule is CN=C(NCCCOC1CCCCC1)NCc1ccc(OC)cc1OC(F)F.I. The average molecular weight is 527 g/mol. The summed E-state index contributed by atoms with van der Waals surface area (Å²) < 4.78 is 40.8. The molecule has 0 spiro atoms. The van der Waals surface area contributed by atoms with Gasteiger partial charge in [-0.3, -0.25) is 4.99 Å². The van der Waals surface area contributed by atoms with Crippen LogP contribution < -0.4 is 20.1 Å². The lowest BCUT2D eigenvalue weighted by Gasteiger charge is -2.22. The van der Waals surface area contributed by atoms with E-state index in [0.717, 1.165) is 19.6 Å². The molecule has 2 N–H and O–H groups in total. The Bertz CT molecular complexity index is 615. The predicted octanol–water partition coefficient (Wildman–Crippen LogP) is 4.32. The number of nitrogens with one attached hydrogen (secondary N) is 2. The number of rotatable bonds is 10. The molecule has 1 saturated carbocycles. The molecule has 0 heterocycles. The number of aliphatic imine (C=N–C) groups is 1. The first-order chi connectivity index (χ1) is 13.6. The predicted molar refractivity (Wildman–Crippen MR) is 121 cm³/mol. The van der Waals surface area contributed by atoms with E-state index in [2.05, 4.69) is 20.4 Å². The molecule has 9 heteroatoms. The van der Waals surface area contributed by atoms with E-state index in [1.165, 1.54) is 45.3 Å². The van der Waals surface area contributed by atoms with Gasteiger partial charge < -0.3 is 24.8 Å². The van der Waals surface area contributed by atoms with Gasteiger partial charge >= 0.3 is 6.61 Å². The minimum absolute atomic E-state index is 0. The van der Waals surface area contributed by atoms with Crippen molar-refractivity contribution in [3.05, 3.63) is 23.8 Å². The van der Waals surface area contributed by atoms with E-state index < -0.39 is 6.61 Å². The Morgan fingerprint density at radius 2 is 1.97 bits per heavy atom. The highest BCUT2D eigenvalue weighted by atomic mass is 127. The van der Waals surface area contributed by atoms with Crippen LogP contribution in [0.5, 0.6) is 11.5 Å². The minimum atomic E-state index is -2.90. The quantitative estimate of drug-likeness (QED) is 0.206. The van der Waals surface area contributed by atoms with Gasteiger partial charge in [0.15, 0.2) is 5.96 Å². The number of halogens is 3. The Hall–Kier alpha value is -1.36. The topological polar surface area (TPSA) is 64.1 Å². The molecule has 0 amide bonds. The van der Waals surface area contributed by atoms with Crippen molar-refractivity contribution >= 4 is 29.9 Å². The Labute approximate surface area is 188 Å². The summed E-state index contributed by atoms with van der Waals surface area (Å²) >= 11 is 0. The van der Waals surface area contributed by atoms with Crippen LogP contribution >= 0.6 is 24.0 Å². The molecular formula is C20H32F2IN3O3. The first kappa shape index (κ1) is 25.7. The van der Waals surface area contributed by atoms with Crippen molar-refractivity contribution in [1.29, 1.82) is 0 Å². The summed E-state index contributed by atoms with van der Waals surface area (Å²) in [6.45, 7) is -1.16. The van der Waals surface area contributed by atoms with E-state index in [1.807, 2.05) is 0 Å². The van der Waals surface area contributed by atoms with Gasteiger partial charge in [0.1, 0.15) is 11.5 Å². The molecule has 0 aliphatic heterocycles. The van der Waals surface area contributed by atoms with Gasteiger partial charge in [-0.25, -0.2) is 0 Å². The Kier molecular flexibility index (Phi) is 12.9. The summed E-state index contributed by atoms with van der Waals surface area (Å²) in [6.07, 6.45) is 7.48. The Balaban J connectivity index is 0.00000420. The third kappa shape index (κ3) is 9.79. The first-order valence-electron chi connectivity index (χ1n) is 9.80. The van der Waals surface area contributed by atoms with Crippen molar-refractivity contribution in [3.63, 3.8) is 0 Å². The van der Waals surface area contributed by atoms with Crippen LogP contribution in [0.4, 0.5) is 8.78 Å². The standard InChI is InChI=1S/C20H31F2N3O3.HI/c1-23-20(24-11-6-12-27-16-7-4-3-5-8-16)25-14-15-9-10-17(26-2)13-18(15)28-19(21)22;/h9-10,13,16,19H,3-8,11-12,14H2,1-2H3,(H2,23,24,25);1H. The normalized spacial score (nSPS) is 15.0.